The molecule has 10 aromatic heterocycles. The van der Waals surface area contributed by atoms with Crippen LogP contribution in [0.4, 0.5) is 0 Å². The minimum Gasteiger partial charge on any atom is -0.545 e. The predicted octanol–water partition coefficient (Wildman–Crippen LogP) is -0.314. The van der Waals surface area contributed by atoms with E-state index in [1.165, 1.54) is 36.5 Å². The zero-order valence-corrected chi connectivity index (χ0v) is 58.0. The van der Waals surface area contributed by atoms with Gasteiger partial charge in [0.2, 0.25) is 0 Å². The molecule has 12 aromatic rings. The summed E-state index contributed by atoms with van der Waals surface area (Å²) in [6, 6.07) is 45.2. The number of aliphatic carboxylic acids is 6. The number of carboxylic acid groups (broad SMARTS) is 6. The van der Waals surface area contributed by atoms with Crippen molar-refractivity contribution in [2.24, 2.45) is 0 Å². The van der Waals surface area contributed by atoms with E-state index in [0.717, 1.165) is 113 Å². The molecule has 102 heavy (non-hydrogen) atoms. The fourth-order valence-corrected chi connectivity index (χ4v) is 7.19. The van der Waals surface area contributed by atoms with Gasteiger partial charge < -0.3 is 92.3 Å². The molecule has 10 heterocycles. The molecule has 0 saturated heterocycles. The molecule has 524 valence electrons. The fourth-order valence-electron chi connectivity index (χ4n) is 7.19. The Labute approximate surface area is 664 Å². The van der Waals surface area contributed by atoms with Crippen LogP contribution in [-0.2, 0) is 28.8 Å². The van der Waals surface area contributed by atoms with Crippen LogP contribution in [0, 0.1) is 98.8 Å². The number of nitrogens with zero attached hydrogens (tertiary/aromatic N) is 10. The molecule has 0 unspecified atom stereocenters. The Morgan fingerprint density at radius 3 is 0.500 bits per heavy atom. The Morgan fingerprint density at radius 2 is 0.373 bits per heavy atom. The summed E-state index contributed by atoms with van der Waals surface area (Å²) in [4.78, 5) is 99.9. The van der Waals surface area contributed by atoms with Crippen molar-refractivity contribution in [3.8, 4) is 0 Å². The smallest absolute Gasteiger partial charge is 0.545 e. The molecule has 12 rings (SSSR count). The van der Waals surface area contributed by atoms with E-state index in [4.69, 9.17) is 0 Å². The minimum atomic E-state index is -1.20. The van der Waals surface area contributed by atoms with Gasteiger partial charge in [-0.1, -0.05) is 121 Å². The van der Waals surface area contributed by atoms with E-state index in [9.17, 15) is 59.4 Å². The molecule has 2 aromatic carbocycles. The maximum atomic E-state index is 9.95. The van der Waals surface area contributed by atoms with Crippen LogP contribution in [0.25, 0.3) is 80.1 Å². The summed E-state index contributed by atoms with van der Waals surface area (Å²) in [5.74, 6) is -7.20. The summed E-state index contributed by atoms with van der Waals surface area (Å²) in [5, 5.41) is 64.3. The van der Waals surface area contributed by atoms with Gasteiger partial charge >= 0.3 is 98.8 Å². The second kappa shape index (κ2) is 58.0. The van der Waals surface area contributed by atoms with Crippen molar-refractivity contribution < 1.29 is 191 Å². The first-order valence-corrected chi connectivity index (χ1v) is 27.5. The van der Waals surface area contributed by atoms with E-state index in [-0.39, 0.29) is 132 Å². The molecule has 0 bridgehead atoms. The molecule has 0 fully saturated rings. The van der Waals surface area contributed by atoms with Crippen LogP contribution in [0.2, 0.25) is 0 Å². The Hall–Kier alpha value is -10.8. The van der Waals surface area contributed by atoms with Crippen LogP contribution in [0.5, 0.6) is 0 Å². The van der Waals surface area contributed by atoms with Gasteiger partial charge in [0.05, 0.1) is 57.9 Å². The maximum Gasteiger partial charge on any atom is 3.00 e. The van der Waals surface area contributed by atoms with Crippen molar-refractivity contribution >= 4 is 116 Å². The van der Waals surface area contributed by atoms with Crippen molar-refractivity contribution in [3.05, 3.63) is 315 Å². The standard InChI is InChI=1S/2C12H8N2.6C8H7NO2.2Eu.6H2O/c2*1-3-9-5-6-10-4-2-8-14-12(10)11(9)13-7-1;6*10-8(11)4-3-7-2-1-5-9-6-7;;;;;;;;/h2*1-8H;6*1-6H,(H,10,11);;;6*1H2/q;;;;;;;;2*+3;;;;;;/p-6/b;;6*4-3+;;;;;;;;. The van der Waals surface area contributed by atoms with Gasteiger partial charge in [-0.25, -0.2) is 0 Å². The first-order valence-electron chi connectivity index (χ1n) is 27.5. The second-order valence-corrected chi connectivity index (χ2v) is 18.1. The topological polar surface area (TPSA) is 559 Å². The Balaban J connectivity index is -0.000000534. The van der Waals surface area contributed by atoms with Crippen molar-refractivity contribution in [2.45, 2.75) is 0 Å². The van der Waals surface area contributed by atoms with Gasteiger partial charge in [0.25, 0.3) is 0 Å². The average Bonchev–Trinajstić information content (AvgIpc) is 0.807. The van der Waals surface area contributed by atoms with Crippen molar-refractivity contribution in [2.75, 3.05) is 0 Å². The number of carbonyl (C=O) groups excluding carboxylic acids is 6. The third-order valence-electron chi connectivity index (χ3n) is 11.3. The van der Waals surface area contributed by atoms with Gasteiger partial charge in [0.15, 0.2) is 0 Å². The number of pyridine rings is 10. The molecular weight excluding hydrogens is 1600 g/mol. The quantitative estimate of drug-likeness (QED) is 0.112. The first-order chi connectivity index (χ1) is 45.6. The molecule has 30 heteroatoms. The van der Waals surface area contributed by atoms with Crippen molar-refractivity contribution in [3.63, 3.8) is 0 Å². The molecule has 0 aliphatic carbocycles. The summed E-state index contributed by atoms with van der Waals surface area (Å²) in [5.41, 5.74) is 8.39. The van der Waals surface area contributed by atoms with Gasteiger partial charge in [-0.05, 0) is 131 Å². The number of fused-ring (bicyclic) bond motifs is 6. The van der Waals surface area contributed by atoms with Crippen LogP contribution in [0.1, 0.15) is 33.4 Å². The van der Waals surface area contributed by atoms with Gasteiger partial charge in [-0.15, -0.1) is 0 Å². The molecular formula is C72H64Eu2N10O18. The van der Waals surface area contributed by atoms with E-state index < -0.39 is 35.8 Å². The summed E-state index contributed by atoms with van der Waals surface area (Å²) >= 11 is 0. The first kappa shape index (κ1) is 97.6. The Kier molecular flexibility index (Phi) is 55.5. The number of aromatic nitrogens is 10. The molecule has 0 aliphatic heterocycles. The molecule has 28 nitrogen and oxygen atoms in total. The zero-order chi connectivity index (χ0) is 67.4. The fraction of sp³-hybridized carbons (Fsp3) is 0. The Morgan fingerprint density at radius 1 is 0.225 bits per heavy atom. The average molecular weight is 1660 g/mol. The van der Waals surface area contributed by atoms with Gasteiger partial charge in [-0.2, -0.15) is 0 Å². The number of rotatable bonds is 12. The molecule has 0 aliphatic rings. The van der Waals surface area contributed by atoms with Gasteiger partial charge in [0, 0.05) is 121 Å². The minimum absolute atomic E-state index is 0. The van der Waals surface area contributed by atoms with E-state index >= 15 is 0 Å². The van der Waals surface area contributed by atoms with Crippen molar-refractivity contribution in [1.29, 1.82) is 0 Å². The summed E-state index contributed by atoms with van der Waals surface area (Å²) in [6.07, 6.45) is 40.8. The number of hydrogen-bond acceptors (Lipinski definition) is 22. The van der Waals surface area contributed by atoms with E-state index in [1.54, 1.807) is 172 Å². The zero-order valence-electron chi connectivity index (χ0n) is 53.1. The molecule has 0 saturated carbocycles. The van der Waals surface area contributed by atoms with Crippen molar-refractivity contribution in [1.82, 2.24) is 49.8 Å². The van der Waals surface area contributed by atoms with Crippen LogP contribution in [-0.4, -0.2) is 119 Å². The predicted molar refractivity (Wildman–Crippen MR) is 365 cm³/mol. The number of carbonyl (C=O) groups is 6. The number of hydrogen-bond donors (Lipinski definition) is 0. The third-order valence-corrected chi connectivity index (χ3v) is 11.3. The van der Waals surface area contributed by atoms with Crippen LogP contribution < -0.4 is 30.6 Å². The van der Waals surface area contributed by atoms with Crippen LogP contribution in [0.15, 0.2) is 281 Å². The van der Waals surface area contributed by atoms with Gasteiger partial charge in [-0.3, -0.25) is 49.8 Å². The van der Waals surface area contributed by atoms with Crippen LogP contribution >= 0.6 is 0 Å². The molecule has 12 N–H and O–H groups in total. The second-order valence-electron chi connectivity index (χ2n) is 18.1. The maximum absolute atomic E-state index is 9.95. The van der Waals surface area contributed by atoms with E-state index in [1.807, 2.05) is 24.3 Å². The number of carboxylic acids is 6. The molecule has 0 atom stereocenters. The third kappa shape index (κ3) is 41.5. The normalized spacial score (nSPS) is 9.57. The Bertz CT molecular complexity index is 3860. The summed E-state index contributed by atoms with van der Waals surface area (Å²) in [6.45, 7) is 0. The summed E-state index contributed by atoms with van der Waals surface area (Å²) in [7, 11) is 0. The van der Waals surface area contributed by atoms with E-state index in [2.05, 4.69) is 98.4 Å². The van der Waals surface area contributed by atoms with E-state index in [0.29, 0.717) is 0 Å². The number of benzene rings is 2. The SMILES string of the molecule is O.O.O.O.O.O.O=C([O-])/C=C/c1cccnc1.O=C([O-])/C=C/c1cccnc1.O=C([O-])/C=C/c1cccnc1.O=C([O-])/C=C/c1cccnc1.O=C([O-])/C=C/c1cccnc1.O=C([O-])/C=C/c1cccnc1.[Eu+3].[Eu+3].c1cnc2c(c1)ccc1cccnc12.c1cnc2c(c1)ccc1cccnc12. The molecule has 0 spiro atoms. The van der Waals surface area contributed by atoms with Crippen LogP contribution in [0.3, 0.4) is 0 Å². The summed E-state index contributed by atoms with van der Waals surface area (Å²) < 4.78 is 0. The molecule has 0 amide bonds. The van der Waals surface area contributed by atoms with Gasteiger partial charge in [0.1, 0.15) is 0 Å². The molecule has 0 radical (unpaired) electrons. The largest absolute Gasteiger partial charge is 3.00 e. The monoisotopic (exact) mass is 1660 g/mol.